The monoisotopic (exact) mass is 408 g/mol. The van der Waals surface area contributed by atoms with Gasteiger partial charge < -0.3 is 19.9 Å². The summed E-state index contributed by atoms with van der Waals surface area (Å²) in [5, 5.41) is 15.6. The molecule has 7 heteroatoms. The second-order valence-electron chi connectivity index (χ2n) is 8.04. The van der Waals surface area contributed by atoms with Gasteiger partial charge in [-0.25, -0.2) is 4.99 Å². The summed E-state index contributed by atoms with van der Waals surface area (Å²) in [6.07, 6.45) is 9.47. The molecule has 1 aromatic heterocycles. The molecule has 1 atom stereocenters. The van der Waals surface area contributed by atoms with Crippen molar-refractivity contribution in [3.05, 3.63) is 53.1 Å². The molecule has 1 aliphatic heterocycles. The zero-order chi connectivity index (χ0) is 20.8. The minimum absolute atomic E-state index is 0.177. The van der Waals surface area contributed by atoms with Gasteiger partial charge in [-0.1, -0.05) is 29.8 Å². The van der Waals surface area contributed by atoms with Gasteiger partial charge in [0.25, 0.3) is 0 Å². The van der Waals surface area contributed by atoms with Crippen molar-refractivity contribution in [2.45, 2.75) is 58.0 Å². The lowest BCUT2D eigenvalue weighted by molar-refractivity contribution is 0.261. The van der Waals surface area contributed by atoms with Crippen LogP contribution < -0.4 is 15.4 Å². The predicted molar refractivity (Wildman–Crippen MR) is 118 cm³/mol. The number of aliphatic imine (C=N–C) groups is 1. The molecule has 0 bridgehead atoms. The summed E-state index contributed by atoms with van der Waals surface area (Å²) in [5.41, 5.74) is 2.75. The highest BCUT2D eigenvalue weighted by Crippen LogP contribution is 2.31. The normalized spacial score (nSPS) is 18.9. The van der Waals surface area contributed by atoms with Gasteiger partial charge in [-0.05, 0) is 45.1 Å². The van der Waals surface area contributed by atoms with Crippen LogP contribution in [0.4, 0.5) is 0 Å². The van der Waals surface area contributed by atoms with Gasteiger partial charge >= 0.3 is 0 Å². The van der Waals surface area contributed by atoms with Crippen LogP contribution in [-0.4, -0.2) is 33.9 Å². The van der Waals surface area contributed by atoms with Crippen LogP contribution in [0.5, 0.6) is 5.75 Å². The average Bonchev–Trinajstić information content (AvgIpc) is 3.10. The van der Waals surface area contributed by atoms with Crippen LogP contribution >= 0.6 is 0 Å². The summed E-state index contributed by atoms with van der Waals surface area (Å²) in [4.78, 5) is 4.83. The SMILES string of the molecule is Cc1nnc(CN=C(NCCC2=CCCCC2)NC2CCOc3ccccc32)n1C. The molecule has 1 aromatic carbocycles. The number of guanidine groups is 1. The fraction of sp³-hybridized carbons (Fsp3) is 0.522. The molecule has 1 aliphatic carbocycles. The van der Waals surface area contributed by atoms with Crippen LogP contribution in [0.3, 0.4) is 0 Å². The first-order valence-electron chi connectivity index (χ1n) is 11.0. The Morgan fingerprint density at radius 3 is 2.97 bits per heavy atom. The summed E-state index contributed by atoms with van der Waals surface area (Å²) < 4.78 is 7.80. The van der Waals surface area contributed by atoms with Crippen LogP contribution in [-0.2, 0) is 13.6 Å². The van der Waals surface area contributed by atoms with Gasteiger partial charge in [0, 0.05) is 25.6 Å². The van der Waals surface area contributed by atoms with Crippen molar-refractivity contribution in [1.82, 2.24) is 25.4 Å². The average molecular weight is 409 g/mol. The molecule has 1 unspecified atom stereocenters. The smallest absolute Gasteiger partial charge is 0.192 e. The number of benzene rings is 1. The molecular formula is C23H32N6O. The summed E-state index contributed by atoms with van der Waals surface area (Å²) in [6.45, 7) is 4.02. The lowest BCUT2D eigenvalue weighted by Gasteiger charge is -2.28. The fourth-order valence-electron chi connectivity index (χ4n) is 4.02. The number of para-hydroxylation sites is 1. The van der Waals surface area contributed by atoms with E-state index in [2.05, 4.69) is 39.0 Å². The number of hydrogen-bond donors (Lipinski definition) is 2. The van der Waals surface area contributed by atoms with E-state index < -0.39 is 0 Å². The molecule has 0 saturated carbocycles. The minimum atomic E-state index is 0.177. The van der Waals surface area contributed by atoms with E-state index in [1.807, 2.05) is 30.7 Å². The van der Waals surface area contributed by atoms with Crippen molar-refractivity contribution < 1.29 is 4.74 Å². The summed E-state index contributed by atoms with van der Waals surface area (Å²) >= 11 is 0. The standard InChI is InChI=1S/C23H32N6O/c1-17-27-28-22(29(17)2)16-25-23(24-14-12-18-8-4-3-5-9-18)26-20-13-15-30-21-11-7-6-10-19(20)21/h6-8,10-11,20H,3-5,9,12-16H2,1-2H3,(H2,24,25,26). The molecule has 2 N–H and O–H groups in total. The van der Waals surface area contributed by atoms with Gasteiger partial charge in [0.1, 0.15) is 18.1 Å². The number of aryl methyl sites for hydroxylation is 1. The van der Waals surface area contributed by atoms with Crippen LogP contribution in [0.2, 0.25) is 0 Å². The Kier molecular flexibility index (Phi) is 6.67. The quantitative estimate of drug-likeness (QED) is 0.434. The van der Waals surface area contributed by atoms with E-state index in [1.165, 1.54) is 31.2 Å². The van der Waals surface area contributed by atoms with Crippen molar-refractivity contribution in [3.8, 4) is 5.75 Å². The Morgan fingerprint density at radius 2 is 2.17 bits per heavy atom. The van der Waals surface area contributed by atoms with Crippen molar-refractivity contribution >= 4 is 5.96 Å². The van der Waals surface area contributed by atoms with Crippen LogP contribution in [0.25, 0.3) is 0 Å². The Morgan fingerprint density at radius 1 is 1.27 bits per heavy atom. The molecule has 4 rings (SSSR count). The third kappa shape index (κ3) is 5.01. The van der Waals surface area contributed by atoms with Gasteiger partial charge in [-0.2, -0.15) is 0 Å². The highest BCUT2D eigenvalue weighted by molar-refractivity contribution is 5.80. The molecule has 30 heavy (non-hydrogen) atoms. The Balaban J connectivity index is 1.46. The maximum absolute atomic E-state index is 5.81. The highest BCUT2D eigenvalue weighted by atomic mass is 16.5. The number of fused-ring (bicyclic) bond motifs is 1. The van der Waals surface area contributed by atoms with Gasteiger partial charge in [-0.3, -0.25) is 0 Å². The van der Waals surface area contributed by atoms with E-state index in [1.54, 1.807) is 5.57 Å². The molecule has 0 amide bonds. The van der Waals surface area contributed by atoms with Gasteiger partial charge in [0.2, 0.25) is 0 Å². The first-order chi connectivity index (χ1) is 14.7. The molecule has 0 fully saturated rings. The number of allylic oxidation sites excluding steroid dienone is 1. The van der Waals surface area contributed by atoms with Crippen molar-refractivity contribution in [2.24, 2.45) is 12.0 Å². The molecule has 2 aliphatic rings. The third-order valence-corrected chi connectivity index (χ3v) is 5.95. The van der Waals surface area contributed by atoms with E-state index in [0.717, 1.165) is 42.7 Å². The second-order valence-corrected chi connectivity index (χ2v) is 8.04. The Bertz CT molecular complexity index is 916. The molecule has 2 aromatic rings. The van der Waals surface area contributed by atoms with E-state index in [9.17, 15) is 0 Å². The highest BCUT2D eigenvalue weighted by Gasteiger charge is 2.22. The zero-order valence-electron chi connectivity index (χ0n) is 18.0. The van der Waals surface area contributed by atoms with Crippen LogP contribution in [0.15, 0.2) is 40.9 Å². The molecule has 0 saturated heterocycles. The lowest BCUT2D eigenvalue weighted by atomic mass is 9.97. The molecule has 0 spiro atoms. The maximum Gasteiger partial charge on any atom is 0.192 e. The third-order valence-electron chi connectivity index (χ3n) is 5.95. The van der Waals surface area contributed by atoms with Crippen molar-refractivity contribution in [1.29, 1.82) is 0 Å². The molecule has 0 radical (unpaired) electrons. The maximum atomic E-state index is 5.81. The van der Waals surface area contributed by atoms with Crippen LogP contribution in [0, 0.1) is 6.92 Å². The number of aromatic nitrogens is 3. The number of hydrogen-bond acceptors (Lipinski definition) is 4. The van der Waals surface area contributed by atoms with Gasteiger partial charge in [-0.15, -0.1) is 10.2 Å². The fourth-order valence-corrected chi connectivity index (χ4v) is 4.02. The van der Waals surface area contributed by atoms with E-state index in [0.29, 0.717) is 13.2 Å². The van der Waals surface area contributed by atoms with Gasteiger partial charge in [0.05, 0.1) is 12.6 Å². The molecular weight excluding hydrogens is 376 g/mol. The van der Waals surface area contributed by atoms with E-state index in [4.69, 9.17) is 9.73 Å². The zero-order valence-corrected chi connectivity index (χ0v) is 18.0. The lowest BCUT2D eigenvalue weighted by Crippen LogP contribution is -2.41. The van der Waals surface area contributed by atoms with E-state index in [-0.39, 0.29) is 6.04 Å². The topological polar surface area (TPSA) is 76.4 Å². The number of rotatable bonds is 6. The van der Waals surface area contributed by atoms with Crippen molar-refractivity contribution in [3.63, 3.8) is 0 Å². The Hall–Kier alpha value is -2.83. The van der Waals surface area contributed by atoms with Crippen LogP contribution in [0.1, 0.15) is 61.8 Å². The van der Waals surface area contributed by atoms with Crippen molar-refractivity contribution in [2.75, 3.05) is 13.2 Å². The summed E-state index contributed by atoms with van der Waals surface area (Å²) in [7, 11) is 1.98. The first kappa shape index (κ1) is 20.4. The number of ether oxygens (including phenoxy) is 1. The Labute approximate surface area is 178 Å². The van der Waals surface area contributed by atoms with E-state index >= 15 is 0 Å². The summed E-state index contributed by atoms with van der Waals surface area (Å²) in [5.74, 6) is 3.52. The predicted octanol–water partition coefficient (Wildman–Crippen LogP) is 3.57. The van der Waals surface area contributed by atoms with Gasteiger partial charge in [0.15, 0.2) is 11.8 Å². The summed E-state index contributed by atoms with van der Waals surface area (Å²) in [6, 6.07) is 8.41. The number of nitrogens with one attached hydrogen (secondary N) is 2. The molecule has 2 heterocycles. The molecule has 7 nitrogen and oxygen atoms in total. The second kappa shape index (κ2) is 9.78. The molecule has 160 valence electrons. The largest absolute Gasteiger partial charge is 0.493 e. The first-order valence-corrected chi connectivity index (χ1v) is 11.0. The number of nitrogens with zero attached hydrogens (tertiary/aromatic N) is 4. The minimum Gasteiger partial charge on any atom is -0.493 e.